The number of alkyl halides is 3. The van der Waals surface area contributed by atoms with Gasteiger partial charge in [0.2, 0.25) is 0 Å². The van der Waals surface area contributed by atoms with E-state index in [0.717, 1.165) is 59.8 Å². The summed E-state index contributed by atoms with van der Waals surface area (Å²) in [6, 6.07) is 4.24. The van der Waals surface area contributed by atoms with E-state index >= 15 is 0 Å². The number of pyridine rings is 1. The third-order valence-electron chi connectivity index (χ3n) is 9.47. The number of aliphatic hydroxyl groups is 1. The van der Waals surface area contributed by atoms with Crippen molar-refractivity contribution in [1.82, 2.24) is 4.98 Å². The Balaban J connectivity index is 1.49. The quantitative estimate of drug-likeness (QED) is 0.506. The predicted molar refractivity (Wildman–Crippen MR) is 122 cm³/mol. The summed E-state index contributed by atoms with van der Waals surface area (Å²) in [4.78, 5) is 5.11. The Morgan fingerprint density at radius 1 is 1.11 bits per heavy atom. The maximum atomic E-state index is 13.9. The van der Waals surface area contributed by atoms with Crippen LogP contribution in [0, 0.1) is 16.7 Å². The molecule has 2 aliphatic heterocycles. The van der Waals surface area contributed by atoms with Crippen molar-refractivity contribution in [3.8, 4) is 6.07 Å². The largest absolute Gasteiger partial charge is 0.417 e. The second kappa shape index (κ2) is 7.31. The lowest BCUT2D eigenvalue weighted by Gasteiger charge is -2.48. The summed E-state index contributed by atoms with van der Waals surface area (Å²) < 4.78 is 54.1. The molecule has 0 amide bonds. The van der Waals surface area contributed by atoms with Crippen molar-refractivity contribution >= 4 is 0 Å². The van der Waals surface area contributed by atoms with Gasteiger partial charge in [-0.25, -0.2) is 0 Å². The van der Waals surface area contributed by atoms with Crippen LogP contribution in [-0.4, -0.2) is 23.3 Å². The molecule has 7 rings (SSSR count). The van der Waals surface area contributed by atoms with Crippen molar-refractivity contribution in [2.24, 2.45) is 5.41 Å². The van der Waals surface area contributed by atoms with E-state index in [1.165, 1.54) is 6.07 Å². The number of benzene rings is 1. The van der Waals surface area contributed by atoms with Gasteiger partial charge in [0, 0.05) is 48.8 Å². The third-order valence-corrected chi connectivity index (χ3v) is 9.47. The summed E-state index contributed by atoms with van der Waals surface area (Å²) in [5.41, 5.74) is 3.60. The maximum Gasteiger partial charge on any atom is 0.417 e. The molecule has 1 aromatic carbocycles. The number of fused-ring (bicyclic) bond motifs is 5. The first-order valence-electron chi connectivity index (χ1n) is 12.8. The van der Waals surface area contributed by atoms with Crippen LogP contribution in [0.5, 0.6) is 0 Å². The average molecular weight is 497 g/mol. The molecule has 1 saturated heterocycles. The molecule has 188 valence electrons. The van der Waals surface area contributed by atoms with Crippen LogP contribution < -0.4 is 0 Å². The number of halogens is 3. The van der Waals surface area contributed by atoms with Gasteiger partial charge in [-0.05, 0) is 59.9 Å². The van der Waals surface area contributed by atoms with E-state index in [0.29, 0.717) is 43.6 Å². The summed E-state index contributed by atoms with van der Waals surface area (Å²) in [6.07, 6.45) is 0.133. The molecule has 5 aliphatic rings. The number of hydrogen-bond acceptors (Lipinski definition) is 5. The standard InChI is InChI=1S/C28H27F3N2O3/c1-14-16-10-18(28(29,30)31)15(13-32)9-17(16)25-22-23(27(36-25)5-7-35-8-6-27)21-19(33-24(14)22)11-26(3-2-4-26)12-20(21)34/h9-10,14,20,25,34H,2-8,11-12H2,1H3/t14?,20?,25-/m1/s1. The molecule has 2 unspecified atom stereocenters. The highest BCUT2D eigenvalue weighted by atomic mass is 19.4. The molecule has 8 heteroatoms. The number of ether oxygens (including phenoxy) is 2. The summed E-state index contributed by atoms with van der Waals surface area (Å²) in [6.45, 7) is 2.92. The van der Waals surface area contributed by atoms with Crippen LogP contribution in [0.4, 0.5) is 13.2 Å². The Bertz CT molecular complexity index is 1340. The number of hydrogen-bond donors (Lipinski definition) is 1. The highest BCUT2D eigenvalue weighted by Gasteiger charge is 2.55. The van der Waals surface area contributed by atoms with Crippen molar-refractivity contribution in [3.63, 3.8) is 0 Å². The maximum absolute atomic E-state index is 13.9. The number of rotatable bonds is 0. The molecule has 1 aromatic heterocycles. The minimum atomic E-state index is -4.63. The molecule has 2 aromatic rings. The highest BCUT2D eigenvalue weighted by Crippen LogP contribution is 2.62. The van der Waals surface area contributed by atoms with E-state index in [9.17, 15) is 23.5 Å². The van der Waals surface area contributed by atoms with Gasteiger partial charge in [0.15, 0.2) is 0 Å². The first-order valence-corrected chi connectivity index (χ1v) is 12.8. The van der Waals surface area contributed by atoms with E-state index in [-0.39, 0.29) is 11.3 Å². The van der Waals surface area contributed by atoms with Gasteiger partial charge in [0.1, 0.15) is 6.10 Å². The van der Waals surface area contributed by atoms with Gasteiger partial charge < -0.3 is 14.6 Å². The van der Waals surface area contributed by atoms with Crippen LogP contribution >= 0.6 is 0 Å². The van der Waals surface area contributed by atoms with Gasteiger partial charge in [0.05, 0.1) is 34.6 Å². The second-order valence-corrected chi connectivity index (χ2v) is 11.4. The smallest absolute Gasteiger partial charge is 0.388 e. The monoisotopic (exact) mass is 496 g/mol. The van der Waals surface area contributed by atoms with Gasteiger partial charge in [0.25, 0.3) is 0 Å². The zero-order valence-corrected chi connectivity index (χ0v) is 20.0. The van der Waals surface area contributed by atoms with Gasteiger partial charge >= 0.3 is 6.18 Å². The van der Waals surface area contributed by atoms with Gasteiger partial charge in [-0.1, -0.05) is 13.3 Å². The summed E-state index contributed by atoms with van der Waals surface area (Å²) in [7, 11) is 0. The number of nitrogens with zero attached hydrogens (tertiary/aromatic N) is 2. The third kappa shape index (κ3) is 2.91. The molecule has 3 atom stereocenters. The van der Waals surface area contributed by atoms with Gasteiger partial charge in [-0.2, -0.15) is 18.4 Å². The van der Waals surface area contributed by atoms with Crippen LogP contribution in [0.3, 0.4) is 0 Å². The highest BCUT2D eigenvalue weighted by molar-refractivity contribution is 5.62. The summed E-state index contributed by atoms with van der Waals surface area (Å²) in [5.74, 6) is -0.390. The molecule has 0 radical (unpaired) electrons. The van der Waals surface area contributed by atoms with E-state index in [1.807, 2.05) is 6.92 Å². The first-order chi connectivity index (χ1) is 17.2. The molecule has 3 aliphatic carbocycles. The van der Waals surface area contributed by atoms with Gasteiger partial charge in [-0.3, -0.25) is 4.98 Å². The van der Waals surface area contributed by atoms with Crippen LogP contribution in [0.1, 0.15) is 114 Å². The normalized spacial score (nSPS) is 28.7. The zero-order chi connectivity index (χ0) is 25.0. The summed E-state index contributed by atoms with van der Waals surface area (Å²) >= 11 is 0. The Morgan fingerprint density at radius 2 is 1.86 bits per heavy atom. The number of nitriles is 1. The fourth-order valence-corrected chi connectivity index (χ4v) is 7.60. The van der Waals surface area contributed by atoms with Crippen molar-refractivity contribution in [2.75, 3.05) is 13.2 Å². The first kappa shape index (κ1) is 22.7. The number of aromatic nitrogens is 1. The van der Waals surface area contributed by atoms with Crippen molar-refractivity contribution in [2.45, 2.75) is 81.8 Å². The van der Waals surface area contributed by atoms with E-state index < -0.39 is 35.1 Å². The minimum absolute atomic E-state index is 0.0725. The molecule has 3 heterocycles. The predicted octanol–water partition coefficient (Wildman–Crippen LogP) is 5.71. The molecule has 2 fully saturated rings. The average Bonchev–Trinajstić information content (AvgIpc) is 3.14. The lowest BCUT2D eigenvalue weighted by molar-refractivity contribution is -0.138. The molecule has 36 heavy (non-hydrogen) atoms. The van der Waals surface area contributed by atoms with E-state index in [4.69, 9.17) is 14.5 Å². The van der Waals surface area contributed by atoms with Crippen LogP contribution in [0.25, 0.3) is 0 Å². The van der Waals surface area contributed by atoms with Crippen LogP contribution in [0.2, 0.25) is 0 Å². The van der Waals surface area contributed by atoms with Crippen molar-refractivity contribution < 1.29 is 27.8 Å². The molecule has 2 spiro atoms. The number of aliphatic hydroxyl groups excluding tert-OH is 1. The van der Waals surface area contributed by atoms with Crippen LogP contribution in [-0.2, 0) is 27.7 Å². The van der Waals surface area contributed by atoms with E-state index in [1.54, 1.807) is 6.07 Å². The topological polar surface area (TPSA) is 75.4 Å². The molecule has 1 saturated carbocycles. The lowest BCUT2D eigenvalue weighted by atomic mass is 9.58. The molecule has 1 N–H and O–H groups in total. The fraction of sp³-hybridized carbons (Fsp3) is 0.571. The minimum Gasteiger partial charge on any atom is -0.388 e. The molecular weight excluding hydrogens is 469 g/mol. The van der Waals surface area contributed by atoms with Crippen molar-refractivity contribution in [1.29, 1.82) is 5.26 Å². The lowest BCUT2D eigenvalue weighted by Crippen LogP contribution is -2.40. The Labute approximate surface area is 207 Å². The van der Waals surface area contributed by atoms with Crippen molar-refractivity contribution in [3.05, 3.63) is 62.5 Å². The Hall–Kier alpha value is -2.47. The second-order valence-electron chi connectivity index (χ2n) is 11.4. The zero-order valence-electron chi connectivity index (χ0n) is 20.0. The molecule has 5 nitrogen and oxygen atoms in total. The van der Waals surface area contributed by atoms with E-state index in [2.05, 4.69) is 0 Å². The SMILES string of the molecule is CC1c2cc(C(F)(F)F)c(C#N)cc2[C@H]2OC3(CCOCC3)c3c4c(nc1c32)CC1(CCC1)CC4O. The Kier molecular flexibility index (Phi) is 4.61. The molecular formula is C28H27F3N2O3. The fourth-order valence-electron chi connectivity index (χ4n) is 7.60. The van der Waals surface area contributed by atoms with Gasteiger partial charge in [-0.15, -0.1) is 0 Å². The summed E-state index contributed by atoms with van der Waals surface area (Å²) in [5, 5.41) is 21.1. The van der Waals surface area contributed by atoms with Crippen LogP contribution in [0.15, 0.2) is 12.1 Å². The Morgan fingerprint density at radius 3 is 2.50 bits per heavy atom. The molecule has 0 bridgehead atoms.